The molecule has 11 nitrogen and oxygen atoms in total. The number of nitrogens with one attached hydrogen (secondary N) is 2. The third-order valence-corrected chi connectivity index (χ3v) is 7.62. The molecule has 1 aromatic heterocycles. The molecule has 0 saturated carbocycles. The Morgan fingerprint density at radius 2 is 1.98 bits per heavy atom. The minimum atomic E-state index is -0.717. The van der Waals surface area contributed by atoms with Crippen molar-refractivity contribution in [2.75, 3.05) is 59.2 Å². The Kier molecular flexibility index (Phi) is 9.08. The number of benzene rings is 2. The topological polar surface area (TPSA) is 121 Å². The van der Waals surface area contributed by atoms with Gasteiger partial charge in [-0.3, -0.25) is 25.3 Å². The molecule has 2 fully saturated rings. The Labute approximate surface area is 249 Å². The third kappa shape index (κ3) is 6.94. The summed E-state index contributed by atoms with van der Waals surface area (Å²) in [5, 5.41) is 17.2. The van der Waals surface area contributed by atoms with Gasteiger partial charge in [-0.1, -0.05) is 12.1 Å². The zero-order valence-corrected chi connectivity index (χ0v) is 23.7. The Morgan fingerprint density at radius 3 is 2.77 bits per heavy atom. The summed E-state index contributed by atoms with van der Waals surface area (Å²) in [5.41, 5.74) is 2.76. The summed E-state index contributed by atoms with van der Waals surface area (Å²) in [4.78, 5) is 26.1. The lowest BCUT2D eigenvalue weighted by Crippen LogP contribution is -2.46. The average Bonchev–Trinajstić information content (AvgIpc) is 3.53. The number of hydrogen-bond acceptors (Lipinski definition) is 10. The van der Waals surface area contributed by atoms with Crippen molar-refractivity contribution in [3.63, 3.8) is 0 Å². The number of pyridine rings is 1. The van der Waals surface area contributed by atoms with Gasteiger partial charge in [-0.25, -0.2) is 9.38 Å². The zero-order chi connectivity index (χ0) is 29.6. The fourth-order valence-corrected chi connectivity index (χ4v) is 5.41. The van der Waals surface area contributed by atoms with Gasteiger partial charge in [0.05, 0.1) is 25.4 Å². The standard InChI is InChI=1S/C31H35FN6O5/c32-23-5-3-21(4-6-23)9-15-42-28-26(43-20-24(39)19-37-13-16-41-17-14-37)8-7-25-27(28)35-31(38-12-11-34-29(25)38)36-30(40)22-2-1-10-33-18-22/h1-8,10,18,24,29,34,39H,9,11-17,19-20H2,(H,35,36,40). The predicted molar refractivity (Wildman–Crippen MR) is 157 cm³/mol. The lowest BCUT2D eigenvalue weighted by atomic mass is 10.1. The smallest absolute Gasteiger partial charge is 0.259 e. The molecule has 3 aromatic rings. The van der Waals surface area contributed by atoms with E-state index in [-0.39, 0.29) is 31.1 Å². The van der Waals surface area contributed by atoms with Crippen LogP contribution in [0.3, 0.4) is 0 Å². The number of morpholine rings is 1. The fourth-order valence-electron chi connectivity index (χ4n) is 5.41. The van der Waals surface area contributed by atoms with E-state index >= 15 is 0 Å². The van der Waals surface area contributed by atoms with Crippen LogP contribution in [0.15, 0.2) is 65.9 Å². The van der Waals surface area contributed by atoms with Crippen molar-refractivity contribution in [2.24, 2.45) is 4.99 Å². The molecule has 0 bridgehead atoms. The molecule has 1 amide bonds. The van der Waals surface area contributed by atoms with E-state index in [9.17, 15) is 14.3 Å². The van der Waals surface area contributed by atoms with Gasteiger partial charge in [0, 0.05) is 57.1 Å². The van der Waals surface area contributed by atoms with Gasteiger partial charge in [-0.2, -0.15) is 0 Å². The number of carbonyl (C=O) groups is 1. The van der Waals surface area contributed by atoms with Gasteiger partial charge >= 0.3 is 0 Å². The number of aliphatic hydroxyl groups is 1. The van der Waals surface area contributed by atoms with E-state index in [1.165, 1.54) is 18.3 Å². The fraction of sp³-hybridized carbons (Fsp3) is 0.387. The van der Waals surface area contributed by atoms with Crippen LogP contribution in [0.25, 0.3) is 0 Å². The molecule has 3 aliphatic heterocycles. The van der Waals surface area contributed by atoms with Crippen LogP contribution >= 0.6 is 0 Å². The van der Waals surface area contributed by atoms with Gasteiger partial charge in [0.1, 0.15) is 30.4 Å². The van der Waals surface area contributed by atoms with Crippen LogP contribution in [-0.4, -0.2) is 97.0 Å². The lowest BCUT2D eigenvalue weighted by molar-refractivity contribution is 0.00440. The molecular formula is C31H35FN6O5. The number of rotatable bonds is 10. The highest BCUT2D eigenvalue weighted by Gasteiger charge is 2.37. The van der Waals surface area contributed by atoms with Crippen LogP contribution in [0.2, 0.25) is 0 Å². The predicted octanol–water partition coefficient (Wildman–Crippen LogP) is 2.25. The van der Waals surface area contributed by atoms with Crippen LogP contribution in [0, 0.1) is 5.82 Å². The zero-order valence-electron chi connectivity index (χ0n) is 23.7. The highest BCUT2D eigenvalue weighted by Crippen LogP contribution is 2.46. The number of amides is 1. The van der Waals surface area contributed by atoms with E-state index in [4.69, 9.17) is 19.2 Å². The van der Waals surface area contributed by atoms with Crippen LogP contribution in [0.4, 0.5) is 10.1 Å². The van der Waals surface area contributed by atoms with Gasteiger partial charge < -0.3 is 24.2 Å². The molecule has 12 heteroatoms. The van der Waals surface area contributed by atoms with E-state index in [0.717, 1.165) is 24.2 Å². The quantitative estimate of drug-likeness (QED) is 0.327. The highest BCUT2D eigenvalue weighted by molar-refractivity contribution is 6.07. The normalized spacial score (nSPS) is 18.8. The lowest BCUT2D eigenvalue weighted by Gasteiger charge is -2.33. The number of aliphatic hydroxyl groups excluding tert-OH is 1. The van der Waals surface area contributed by atoms with E-state index in [1.54, 1.807) is 30.5 Å². The molecule has 0 aliphatic carbocycles. The number of aromatic nitrogens is 1. The average molecular weight is 591 g/mol. The molecule has 2 unspecified atom stereocenters. The minimum Gasteiger partial charge on any atom is -0.487 e. The van der Waals surface area contributed by atoms with E-state index in [1.807, 2.05) is 17.0 Å². The summed E-state index contributed by atoms with van der Waals surface area (Å²) in [6, 6.07) is 13.5. The molecule has 3 aliphatic rings. The monoisotopic (exact) mass is 590 g/mol. The molecule has 2 saturated heterocycles. The SMILES string of the molecule is O=C(NC1=Nc2c(ccc(OCC(O)CN3CCOCC3)c2OCCc2ccc(F)cc2)C2NCCN12)c1cccnc1. The number of fused-ring (bicyclic) bond motifs is 3. The first-order chi connectivity index (χ1) is 21.0. The summed E-state index contributed by atoms with van der Waals surface area (Å²) in [5.74, 6) is 0.631. The second-order valence-corrected chi connectivity index (χ2v) is 10.6. The Hall–Kier alpha value is -4.10. The molecule has 2 aromatic carbocycles. The summed E-state index contributed by atoms with van der Waals surface area (Å²) in [6.07, 6.45) is 2.71. The van der Waals surface area contributed by atoms with E-state index in [0.29, 0.717) is 68.0 Å². The molecular weight excluding hydrogens is 555 g/mol. The molecule has 226 valence electrons. The van der Waals surface area contributed by atoms with E-state index in [2.05, 4.69) is 20.5 Å². The molecule has 3 N–H and O–H groups in total. The summed E-state index contributed by atoms with van der Waals surface area (Å²) < 4.78 is 31.3. The van der Waals surface area contributed by atoms with Crippen LogP contribution in [0.1, 0.15) is 27.7 Å². The van der Waals surface area contributed by atoms with Gasteiger partial charge in [-0.05, 0) is 42.0 Å². The van der Waals surface area contributed by atoms with Crippen molar-refractivity contribution < 1.29 is 28.5 Å². The molecule has 4 heterocycles. The van der Waals surface area contributed by atoms with Gasteiger partial charge in [0.25, 0.3) is 5.91 Å². The first-order valence-corrected chi connectivity index (χ1v) is 14.5. The number of β-amino-alcohol motifs (C(OH)–C–C–N with tert-alkyl or cyclic N) is 1. The first-order valence-electron chi connectivity index (χ1n) is 14.5. The van der Waals surface area contributed by atoms with Gasteiger partial charge in [0.15, 0.2) is 11.5 Å². The Bertz CT molecular complexity index is 1430. The minimum absolute atomic E-state index is 0.0621. The molecule has 0 radical (unpaired) electrons. The van der Waals surface area contributed by atoms with Crippen molar-refractivity contribution in [1.82, 2.24) is 25.4 Å². The van der Waals surface area contributed by atoms with Crippen molar-refractivity contribution in [1.29, 1.82) is 0 Å². The van der Waals surface area contributed by atoms with Gasteiger partial charge in [0.2, 0.25) is 5.96 Å². The number of hydrogen-bond donors (Lipinski definition) is 3. The summed E-state index contributed by atoms with van der Waals surface area (Å²) >= 11 is 0. The van der Waals surface area contributed by atoms with Crippen LogP contribution in [-0.2, 0) is 11.2 Å². The van der Waals surface area contributed by atoms with Crippen LogP contribution < -0.4 is 20.1 Å². The van der Waals surface area contributed by atoms with Crippen molar-refractivity contribution in [2.45, 2.75) is 18.7 Å². The molecule has 0 spiro atoms. The van der Waals surface area contributed by atoms with Crippen LogP contribution in [0.5, 0.6) is 11.5 Å². The molecule has 43 heavy (non-hydrogen) atoms. The number of aliphatic imine (C=N–C) groups is 1. The van der Waals surface area contributed by atoms with Crippen molar-refractivity contribution in [3.05, 3.63) is 83.4 Å². The van der Waals surface area contributed by atoms with Crippen molar-refractivity contribution >= 4 is 17.6 Å². The van der Waals surface area contributed by atoms with E-state index < -0.39 is 6.10 Å². The Balaban J connectivity index is 1.26. The summed E-state index contributed by atoms with van der Waals surface area (Å²) in [7, 11) is 0. The Morgan fingerprint density at radius 1 is 1.14 bits per heavy atom. The maximum atomic E-state index is 13.4. The number of guanidine groups is 1. The summed E-state index contributed by atoms with van der Waals surface area (Å²) in [6.45, 7) is 5.00. The number of halogens is 1. The number of ether oxygens (including phenoxy) is 3. The second kappa shape index (κ2) is 13.5. The number of nitrogens with zero attached hydrogens (tertiary/aromatic N) is 4. The largest absolute Gasteiger partial charge is 0.487 e. The van der Waals surface area contributed by atoms with Gasteiger partial charge in [-0.15, -0.1) is 0 Å². The number of carbonyl (C=O) groups excluding carboxylic acids is 1. The first kappa shape index (κ1) is 29.0. The molecule has 2 atom stereocenters. The third-order valence-electron chi connectivity index (χ3n) is 7.62. The molecule has 6 rings (SSSR count). The van der Waals surface area contributed by atoms with Crippen molar-refractivity contribution in [3.8, 4) is 11.5 Å². The highest BCUT2D eigenvalue weighted by atomic mass is 19.1. The second-order valence-electron chi connectivity index (χ2n) is 10.6. The maximum absolute atomic E-state index is 13.4. The maximum Gasteiger partial charge on any atom is 0.259 e.